The van der Waals surface area contributed by atoms with E-state index in [1.807, 2.05) is 4.57 Å². The van der Waals surface area contributed by atoms with E-state index >= 15 is 0 Å². The molecule has 3 aromatic carbocycles. The third-order valence-electron chi connectivity index (χ3n) is 5.14. The zero-order valence-corrected chi connectivity index (χ0v) is 18.4. The number of nitrogens with one attached hydrogen (secondary N) is 1. The van der Waals surface area contributed by atoms with E-state index in [9.17, 15) is 13.6 Å². The zero-order valence-electron chi connectivity index (χ0n) is 16.9. The van der Waals surface area contributed by atoms with Crippen molar-refractivity contribution in [2.75, 3.05) is 0 Å². The Hall–Kier alpha value is -2.96. The lowest BCUT2D eigenvalue weighted by molar-refractivity contribution is -0.121. The summed E-state index contributed by atoms with van der Waals surface area (Å²) in [5.74, 6) is -0.213. The molecule has 0 saturated heterocycles. The highest BCUT2D eigenvalue weighted by Gasteiger charge is 2.16. The smallest absolute Gasteiger partial charge is 0.222 e. The number of imidazole rings is 1. The van der Waals surface area contributed by atoms with Gasteiger partial charge in [-0.1, -0.05) is 53.5 Å². The number of carbonyl (C=O) groups excluding carboxylic acids is 1. The molecule has 8 heteroatoms. The Morgan fingerprint density at radius 3 is 2.47 bits per heavy atom. The first-order chi connectivity index (χ1) is 15.4. The number of halogens is 4. The number of amides is 1. The molecule has 1 heterocycles. The van der Waals surface area contributed by atoms with Crippen LogP contribution >= 0.6 is 23.2 Å². The van der Waals surface area contributed by atoms with E-state index in [0.29, 0.717) is 40.0 Å². The van der Waals surface area contributed by atoms with Crippen LogP contribution in [0.25, 0.3) is 11.0 Å². The van der Waals surface area contributed by atoms with Crippen LogP contribution in [-0.2, 0) is 24.3 Å². The minimum atomic E-state index is -0.326. The highest BCUT2D eigenvalue weighted by molar-refractivity contribution is 6.42. The molecule has 4 aromatic rings. The molecule has 164 valence electrons. The number of nitrogens with zero attached hydrogens (tertiary/aromatic N) is 2. The molecule has 0 spiro atoms. The highest BCUT2D eigenvalue weighted by Crippen LogP contribution is 2.29. The van der Waals surface area contributed by atoms with E-state index in [-0.39, 0.29) is 30.4 Å². The van der Waals surface area contributed by atoms with E-state index < -0.39 is 0 Å². The van der Waals surface area contributed by atoms with Crippen LogP contribution in [0.3, 0.4) is 0 Å². The standard InChI is InChI=1S/C24H19Cl2F2N3O/c25-18-12-21-22(13-19(18)26)31(23(30-21)11-16-3-1-2-4-20(16)28)10-9-24(32)29-14-15-5-7-17(27)8-6-15/h1-8,12-13H,9-11,14H2,(H,29,32). The Morgan fingerprint density at radius 1 is 1.00 bits per heavy atom. The van der Waals surface area contributed by atoms with Crippen molar-refractivity contribution in [1.29, 1.82) is 0 Å². The lowest BCUT2D eigenvalue weighted by Gasteiger charge is -2.11. The number of aromatic nitrogens is 2. The topological polar surface area (TPSA) is 46.9 Å². The number of carbonyl (C=O) groups is 1. The van der Waals surface area contributed by atoms with Gasteiger partial charge in [0.05, 0.1) is 21.1 Å². The third kappa shape index (κ3) is 5.09. The SMILES string of the molecule is O=C(CCn1c(Cc2ccccc2F)nc2cc(Cl)c(Cl)cc21)NCc1ccc(F)cc1. The second-order valence-corrected chi connectivity index (χ2v) is 8.17. The van der Waals surface area contributed by atoms with Gasteiger partial charge in [-0.2, -0.15) is 0 Å². The Labute approximate surface area is 193 Å². The van der Waals surface area contributed by atoms with Crippen molar-refractivity contribution in [2.24, 2.45) is 0 Å². The lowest BCUT2D eigenvalue weighted by atomic mass is 10.1. The first-order valence-electron chi connectivity index (χ1n) is 9.99. The van der Waals surface area contributed by atoms with Gasteiger partial charge in [-0.15, -0.1) is 0 Å². The van der Waals surface area contributed by atoms with Crippen LogP contribution in [0.2, 0.25) is 10.0 Å². The number of benzene rings is 3. The molecule has 0 unspecified atom stereocenters. The van der Waals surface area contributed by atoms with Gasteiger partial charge < -0.3 is 9.88 Å². The van der Waals surface area contributed by atoms with E-state index in [4.69, 9.17) is 23.2 Å². The van der Waals surface area contributed by atoms with Crippen molar-refractivity contribution in [2.45, 2.75) is 25.9 Å². The van der Waals surface area contributed by atoms with Gasteiger partial charge in [0.1, 0.15) is 17.5 Å². The Kier molecular flexibility index (Phi) is 6.72. The average molecular weight is 474 g/mol. The predicted octanol–water partition coefficient (Wildman–Crippen LogP) is 5.92. The molecule has 4 rings (SSSR count). The quantitative estimate of drug-likeness (QED) is 0.362. The van der Waals surface area contributed by atoms with Crippen molar-refractivity contribution in [3.63, 3.8) is 0 Å². The van der Waals surface area contributed by atoms with Crippen LogP contribution in [0.1, 0.15) is 23.4 Å². The van der Waals surface area contributed by atoms with Gasteiger partial charge >= 0.3 is 0 Å². The molecule has 0 aliphatic carbocycles. The Bertz CT molecular complexity index is 1270. The summed E-state index contributed by atoms with van der Waals surface area (Å²) in [6, 6.07) is 15.8. The highest BCUT2D eigenvalue weighted by atomic mass is 35.5. The summed E-state index contributed by atoms with van der Waals surface area (Å²) in [6.45, 7) is 0.626. The van der Waals surface area contributed by atoms with Crippen molar-refractivity contribution in [3.05, 3.63) is 99.3 Å². The fourth-order valence-corrected chi connectivity index (χ4v) is 3.79. The van der Waals surface area contributed by atoms with Gasteiger partial charge in [-0.3, -0.25) is 4.79 Å². The maximum atomic E-state index is 14.2. The predicted molar refractivity (Wildman–Crippen MR) is 122 cm³/mol. The minimum Gasteiger partial charge on any atom is -0.352 e. The van der Waals surface area contributed by atoms with Gasteiger partial charge in [0.15, 0.2) is 0 Å². The molecule has 1 amide bonds. The van der Waals surface area contributed by atoms with Crippen LogP contribution in [0.15, 0.2) is 60.7 Å². The minimum absolute atomic E-state index is 0.173. The molecule has 0 saturated carbocycles. The van der Waals surface area contributed by atoms with Gasteiger partial charge in [-0.05, 0) is 41.5 Å². The second kappa shape index (κ2) is 9.67. The van der Waals surface area contributed by atoms with Crippen LogP contribution in [0, 0.1) is 11.6 Å². The van der Waals surface area contributed by atoms with E-state index in [2.05, 4.69) is 10.3 Å². The first-order valence-corrected chi connectivity index (χ1v) is 10.7. The lowest BCUT2D eigenvalue weighted by Crippen LogP contribution is -2.24. The van der Waals surface area contributed by atoms with Crippen LogP contribution in [0.5, 0.6) is 0 Å². The molecule has 0 bridgehead atoms. The monoisotopic (exact) mass is 473 g/mol. The molecule has 4 nitrogen and oxygen atoms in total. The number of hydrogen-bond acceptors (Lipinski definition) is 2. The molecule has 0 aliphatic rings. The molecular formula is C24H19Cl2F2N3O. The number of rotatable bonds is 7. The fourth-order valence-electron chi connectivity index (χ4n) is 3.47. The van der Waals surface area contributed by atoms with E-state index in [1.165, 1.54) is 18.2 Å². The third-order valence-corrected chi connectivity index (χ3v) is 5.86. The largest absolute Gasteiger partial charge is 0.352 e. The van der Waals surface area contributed by atoms with E-state index in [0.717, 1.165) is 11.1 Å². The summed E-state index contributed by atoms with van der Waals surface area (Å²) in [6.07, 6.45) is 0.435. The summed E-state index contributed by atoms with van der Waals surface area (Å²) in [4.78, 5) is 17.1. The number of hydrogen-bond donors (Lipinski definition) is 1. The summed E-state index contributed by atoms with van der Waals surface area (Å²) in [5.41, 5.74) is 2.64. The molecule has 32 heavy (non-hydrogen) atoms. The fraction of sp³-hybridized carbons (Fsp3) is 0.167. The number of fused-ring (bicyclic) bond motifs is 1. The zero-order chi connectivity index (χ0) is 22.7. The van der Waals surface area contributed by atoms with Crippen molar-refractivity contribution >= 4 is 40.1 Å². The Balaban J connectivity index is 1.54. The van der Waals surface area contributed by atoms with Crippen molar-refractivity contribution in [1.82, 2.24) is 14.9 Å². The Morgan fingerprint density at radius 2 is 1.72 bits per heavy atom. The summed E-state index contributed by atoms with van der Waals surface area (Å²) in [7, 11) is 0. The van der Waals surface area contributed by atoms with Crippen LogP contribution < -0.4 is 5.32 Å². The van der Waals surface area contributed by atoms with E-state index in [1.54, 1.807) is 42.5 Å². The maximum absolute atomic E-state index is 14.2. The molecule has 0 aliphatic heterocycles. The molecule has 1 N–H and O–H groups in total. The average Bonchev–Trinajstić information content (AvgIpc) is 3.09. The molecular weight excluding hydrogens is 455 g/mol. The van der Waals surface area contributed by atoms with Gasteiger partial charge in [0, 0.05) is 25.9 Å². The maximum Gasteiger partial charge on any atom is 0.222 e. The van der Waals surface area contributed by atoms with Crippen LogP contribution in [-0.4, -0.2) is 15.5 Å². The first kappa shape index (κ1) is 22.2. The van der Waals surface area contributed by atoms with Crippen LogP contribution in [0.4, 0.5) is 8.78 Å². The molecule has 1 aromatic heterocycles. The molecule has 0 radical (unpaired) electrons. The van der Waals surface area contributed by atoms with Crippen molar-refractivity contribution in [3.8, 4) is 0 Å². The number of aryl methyl sites for hydroxylation is 1. The summed E-state index contributed by atoms with van der Waals surface area (Å²) >= 11 is 12.3. The van der Waals surface area contributed by atoms with Gasteiger partial charge in [-0.25, -0.2) is 13.8 Å². The normalized spacial score (nSPS) is 11.1. The molecule has 0 atom stereocenters. The van der Waals surface area contributed by atoms with Crippen molar-refractivity contribution < 1.29 is 13.6 Å². The van der Waals surface area contributed by atoms with Gasteiger partial charge in [0.25, 0.3) is 0 Å². The summed E-state index contributed by atoms with van der Waals surface area (Å²) in [5, 5.41) is 3.57. The summed E-state index contributed by atoms with van der Waals surface area (Å²) < 4.78 is 29.1. The second-order valence-electron chi connectivity index (χ2n) is 7.36. The molecule has 0 fully saturated rings. The van der Waals surface area contributed by atoms with Gasteiger partial charge in [0.2, 0.25) is 5.91 Å².